The number of nitrogens with one attached hydrogen (secondary N) is 1. The van der Waals surface area contributed by atoms with E-state index in [4.69, 9.17) is 10.5 Å². The topological polar surface area (TPSA) is 87.9 Å². The average molecular weight is 334 g/mol. The molecule has 0 aliphatic carbocycles. The third kappa shape index (κ3) is 4.69. The van der Waals surface area contributed by atoms with Crippen molar-refractivity contribution in [2.24, 2.45) is 5.73 Å². The number of hydrogen-bond acceptors (Lipinski definition) is 5. The van der Waals surface area contributed by atoms with E-state index in [0.29, 0.717) is 19.6 Å². The normalized spacial score (nSPS) is 16.5. The van der Waals surface area contributed by atoms with Gasteiger partial charge < -0.3 is 20.7 Å². The van der Waals surface area contributed by atoms with Gasteiger partial charge in [-0.25, -0.2) is 0 Å². The lowest BCUT2D eigenvalue weighted by Gasteiger charge is -2.34. The molecule has 0 radical (unpaired) electrons. The summed E-state index contributed by atoms with van der Waals surface area (Å²) in [6.07, 6.45) is 0. The number of piperazine rings is 1. The molecule has 1 fully saturated rings. The molecule has 1 heterocycles. The van der Waals surface area contributed by atoms with Gasteiger partial charge in [0.1, 0.15) is 5.75 Å². The molecule has 1 unspecified atom stereocenters. The number of amides is 2. The lowest BCUT2D eigenvalue weighted by molar-refractivity contribution is -0.147. The van der Waals surface area contributed by atoms with Gasteiger partial charge in [0.2, 0.25) is 0 Å². The van der Waals surface area contributed by atoms with Crippen LogP contribution in [0.25, 0.3) is 0 Å². The Kier molecular flexibility index (Phi) is 6.57. The van der Waals surface area contributed by atoms with E-state index in [-0.39, 0.29) is 6.04 Å². The SMILES string of the molecule is COc1ccc(C(C)NC(=O)C(=O)N2CCN(CCN)CC2)cc1. The van der Waals surface area contributed by atoms with E-state index in [1.54, 1.807) is 12.0 Å². The molecule has 7 nitrogen and oxygen atoms in total. The van der Waals surface area contributed by atoms with Crippen molar-refractivity contribution < 1.29 is 14.3 Å². The van der Waals surface area contributed by atoms with Gasteiger partial charge in [-0.3, -0.25) is 14.5 Å². The minimum atomic E-state index is -0.564. The standard InChI is InChI=1S/C17H26N4O3/c1-13(14-3-5-15(24-2)6-4-14)19-16(22)17(23)21-11-9-20(8-7-18)10-12-21/h3-6,13H,7-12,18H2,1-2H3,(H,19,22). The number of ether oxygens (including phenoxy) is 1. The maximum Gasteiger partial charge on any atom is 0.311 e. The molecule has 1 aliphatic heterocycles. The molecule has 1 atom stereocenters. The highest BCUT2D eigenvalue weighted by Crippen LogP contribution is 2.17. The first-order valence-electron chi connectivity index (χ1n) is 8.21. The Morgan fingerprint density at radius 3 is 2.38 bits per heavy atom. The van der Waals surface area contributed by atoms with Crippen molar-refractivity contribution in [1.82, 2.24) is 15.1 Å². The lowest BCUT2D eigenvalue weighted by atomic mass is 10.1. The molecule has 0 aromatic heterocycles. The summed E-state index contributed by atoms with van der Waals surface area (Å²) in [5.74, 6) is -0.281. The summed E-state index contributed by atoms with van der Waals surface area (Å²) >= 11 is 0. The second-order valence-electron chi connectivity index (χ2n) is 5.89. The smallest absolute Gasteiger partial charge is 0.311 e. The van der Waals surface area contributed by atoms with Crippen molar-refractivity contribution in [1.29, 1.82) is 0 Å². The highest BCUT2D eigenvalue weighted by atomic mass is 16.5. The summed E-state index contributed by atoms with van der Waals surface area (Å²) in [6, 6.07) is 7.16. The van der Waals surface area contributed by atoms with Crippen LogP contribution >= 0.6 is 0 Å². The lowest BCUT2D eigenvalue weighted by Crippen LogP contribution is -2.53. The predicted octanol–water partition coefficient (Wildman–Crippen LogP) is -0.0247. The largest absolute Gasteiger partial charge is 0.497 e. The first kappa shape index (κ1) is 18.2. The van der Waals surface area contributed by atoms with Gasteiger partial charge in [-0.15, -0.1) is 0 Å². The van der Waals surface area contributed by atoms with Gasteiger partial charge in [0, 0.05) is 39.3 Å². The molecule has 24 heavy (non-hydrogen) atoms. The molecule has 1 aromatic rings. The van der Waals surface area contributed by atoms with Gasteiger partial charge in [-0.2, -0.15) is 0 Å². The van der Waals surface area contributed by atoms with Crippen molar-refractivity contribution in [3.8, 4) is 5.75 Å². The highest BCUT2D eigenvalue weighted by molar-refractivity contribution is 6.35. The van der Waals surface area contributed by atoms with Crippen LogP contribution in [0.3, 0.4) is 0 Å². The molecular weight excluding hydrogens is 308 g/mol. The van der Waals surface area contributed by atoms with Crippen molar-refractivity contribution >= 4 is 11.8 Å². The van der Waals surface area contributed by atoms with Crippen molar-refractivity contribution in [3.63, 3.8) is 0 Å². The fraction of sp³-hybridized carbons (Fsp3) is 0.529. The molecule has 0 bridgehead atoms. The maximum atomic E-state index is 12.3. The van der Waals surface area contributed by atoms with Crippen LogP contribution in [0.4, 0.5) is 0 Å². The minimum Gasteiger partial charge on any atom is -0.497 e. The molecular formula is C17H26N4O3. The quantitative estimate of drug-likeness (QED) is 0.739. The van der Waals surface area contributed by atoms with E-state index in [1.165, 1.54) is 0 Å². The van der Waals surface area contributed by atoms with Crippen LogP contribution in [0.5, 0.6) is 5.75 Å². The summed E-state index contributed by atoms with van der Waals surface area (Å²) in [5, 5.41) is 2.76. The Morgan fingerprint density at radius 1 is 1.21 bits per heavy atom. The number of nitrogens with zero attached hydrogens (tertiary/aromatic N) is 2. The third-order valence-electron chi connectivity index (χ3n) is 4.26. The van der Waals surface area contributed by atoms with Gasteiger partial charge in [0.25, 0.3) is 0 Å². The second-order valence-corrected chi connectivity index (χ2v) is 5.89. The zero-order valence-corrected chi connectivity index (χ0v) is 14.3. The van der Waals surface area contributed by atoms with Crippen LogP contribution in [-0.2, 0) is 9.59 Å². The van der Waals surface area contributed by atoms with Gasteiger partial charge in [-0.1, -0.05) is 12.1 Å². The van der Waals surface area contributed by atoms with Gasteiger partial charge in [0.05, 0.1) is 13.2 Å². The minimum absolute atomic E-state index is 0.245. The predicted molar refractivity (Wildman–Crippen MR) is 91.6 cm³/mol. The van der Waals surface area contributed by atoms with Crippen LogP contribution in [0, 0.1) is 0 Å². The molecule has 0 spiro atoms. The van der Waals surface area contributed by atoms with Gasteiger partial charge in [0.15, 0.2) is 0 Å². The van der Waals surface area contributed by atoms with E-state index in [2.05, 4.69) is 10.2 Å². The summed E-state index contributed by atoms with van der Waals surface area (Å²) in [7, 11) is 1.60. The zero-order valence-electron chi connectivity index (χ0n) is 14.3. The number of carbonyl (C=O) groups excluding carboxylic acids is 2. The maximum absolute atomic E-state index is 12.3. The Bertz CT molecular complexity index is 553. The summed E-state index contributed by atoms with van der Waals surface area (Å²) in [6.45, 7) is 5.91. The van der Waals surface area contributed by atoms with Crippen LogP contribution in [0.1, 0.15) is 18.5 Å². The van der Waals surface area contributed by atoms with Crippen LogP contribution in [-0.4, -0.2) is 68.0 Å². The number of nitrogens with two attached hydrogens (primary N) is 1. The van der Waals surface area contributed by atoms with Gasteiger partial charge >= 0.3 is 11.8 Å². The molecule has 0 saturated carbocycles. The van der Waals surface area contributed by atoms with Crippen LogP contribution < -0.4 is 15.8 Å². The fourth-order valence-electron chi connectivity index (χ4n) is 2.74. The van der Waals surface area contributed by atoms with Gasteiger partial charge in [-0.05, 0) is 24.6 Å². The fourth-order valence-corrected chi connectivity index (χ4v) is 2.74. The van der Waals surface area contributed by atoms with E-state index < -0.39 is 11.8 Å². The molecule has 1 aliphatic rings. The number of rotatable bonds is 5. The number of methoxy groups -OCH3 is 1. The summed E-state index contributed by atoms with van der Waals surface area (Å²) < 4.78 is 5.11. The second kappa shape index (κ2) is 8.65. The highest BCUT2D eigenvalue weighted by Gasteiger charge is 2.26. The Morgan fingerprint density at radius 2 is 1.83 bits per heavy atom. The molecule has 7 heteroatoms. The van der Waals surface area contributed by atoms with Crippen molar-refractivity contribution in [3.05, 3.63) is 29.8 Å². The molecule has 3 N–H and O–H groups in total. The Hall–Kier alpha value is -2.12. The Labute approximate surface area is 142 Å². The molecule has 1 aromatic carbocycles. The first-order valence-corrected chi connectivity index (χ1v) is 8.21. The first-order chi connectivity index (χ1) is 11.5. The monoisotopic (exact) mass is 334 g/mol. The number of carbonyl (C=O) groups is 2. The zero-order chi connectivity index (χ0) is 17.5. The molecule has 1 saturated heterocycles. The van der Waals surface area contributed by atoms with E-state index >= 15 is 0 Å². The van der Waals surface area contributed by atoms with Crippen molar-refractivity contribution in [2.45, 2.75) is 13.0 Å². The number of hydrogen-bond donors (Lipinski definition) is 2. The third-order valence-corrected chi connectivity index (χ3v) is 4.26. The van der Waals surface area contributed by atoms with Crippen molar-refractivity contribution in [2.75, 3.05) is 46.4 Å². The molecule has 132 valence electrons. The molecule has 2 amide bonds. The van der Waals surface area contributed by atoms with E-state index in [9.17, 15) is 9.59 Å². The van der Waals surface area contributed by atoms with Crippen LogP contribution in [0.2, 0.25) is 0 Å². The molecule has 2 rings (SSSR count). The average Bonchev–Trinajstić information content (AvgIpc) is 2.62. The van der Waals surface area contributed by atoms with Crippen LogP contribution in [0.15, 0.2) is 24.3 Å². The Balaban J connectivity index is 1.85. The number of benzene rings is 1. The van der Waals surface area contributed by atoms with E-state index in [0.717, 1.165) is 30.9 Å². The summed E-state index contributed by atoms with van der Waals surface area (Å²) in [4.78, 5) is 28.3. The van der Waals surface area contributed by atoms with E-state index in [1.807, 2.05) is 31.2 Å². The summed E-state index contributed by atoms with van der Waals surface area (Å²) in [5.41, 5.74) is 6.46.